The summed E-state index contributed by atoms with van der Waals surface area (Å²) in [4.78, 5) is 15.3. The molecule has 0 radical (unpaired) electrons. The molecule has 0 aliphatic rings. The van der Waals surface area contributed by atoms with E-state index in [9.17, 15) is 13.2 Å². The molecule has 0 aliphatic heterocycles. The predicted octanol–water partition coefficient (Wildman–Crippen LogP) is 2.36. The van der Waals surface area contributed by atoms with E-state index in [0.29, 0.717) is 5.69 Å². The highest BCUT2D eigenvalue weighted by molar-refractivity contribution is 7.99. The summed E-state index contributed by atoms with van der Waals surface area (Å²) in [5.41, 5.74) is 1.13. The van der Waals surface area contributed by atoms with Crippen LogP contribution in [0.4, 0.5) is 5.69 Å². The van der Waals surface area contributed by atoms with Crippen LogP contribution in [-0.2, 0) is 10.0 Å². The maximum absolute atomic E-state index is 12.2. The van der Waals surface area contributed by atoms with Crippen LogP contribution in [0.15, 0.2) is 38.9 Å². The Hall–Kier alpha value is -1.58. The molecule has 0 atom stereocenters. The first-order valence-electron chi connectivity index (χ1n) is 5.28. The summed E-state index contributed by atoms with van der Waals surface area (Å²) in [5, 5.41) is 8.93. The number of sulfonamides is 1. The molecule has 0 saturated carbocycles. The van der Waals surface area contributed by atoms with Crippen LogP contribution >= 0.6 is 23.1 Å². The Kier molecular flexibility index (Phi) is 4.31. The average molecular weight is 330 g/mol. The van der Waals surface area contributed by atoms with Gasteiger partial charge in [0.05, 0.1) is 11.2 Å². The minimum absolute atomic E-state index is 0.305. The molecule has 2 aromatic rings. The molecule has 0 amide bonds. The van der Waals surface area contributed by atoms with Gasteiger partial charge in [-0.3, -0.25) is 4.72 Å². The first kappa shape index (κ1) is 14.8. The van der Waals surface area contributed by atoms with Crippen molar-refractivity contribution < 1.29 is 18.3 Å². The van der Waals surface area contributed by atoms with Crippen LogP contribution in [0.5, 0.6) is 0 Å². The van der Waals surface area contributed by atoms with Crippen molar-refractivity contribution in [2.24, 2.45) is 0 Å². The van der Waals surface area contributed by atoms with Crippen molar-refractivity contribution in [1.29, 1.82) is 0 Å². The number of carbonyl (C=O) groups is 1. The highest BCUT2D eigenvalue weighted by Crippen LogP contribution is 2.29. The molecule has 106 valence electrons. The van der Waals surface area contributed by atoms with Crippen LogP contribution in [0.1, 0.15) is 10.5 Å². The Morgan fingerprint density at radius 3 is 2.75 bits per heavy atom. The summed E-state index contributed by atoms with van der Waals surface area (Å²) in [5.74, 6) is -1.37. The number of nitrogens with zero attached hydrogens (tertiary/aromatic N) is 1. The summed E-state index contributed by atoms with van der Waals surface area (Å²) in [6.07, 6.45) is 1.82. The SMILES string of the molecule is CSc1ccccc1NS(=O)(=O)c1scnc1C(=O)O. The molecule has 0 fully saturated rings. The van der Waals surface area contributed by atoms with E-state index >= 15 is 0 Å². The van der Waals surface area contributed by atoms with Gasteiger partial charge in [0.25, 0.3) is 10.0 Å². The second-order valence-electron chi connectivity index (χ2n) is 3.60. The molecular weight excluding hydrogens is 320 g/mol. The first-order chi connectivity index (χ1) is 9.45. The lowest BCUT2D eigenvalue weighted by atomic mass is 10.3. The van der Waals surface area contributed by atoms with Crippen molar-refractivity contribution in [3.05, 3.63) is 35.5 Å². The molecule has 9 heteroatoms. The number of benzene rings is 1. The third-order valence-electron chi connectivity index (χ3n) is 2.33. The van der Waals surface area contributed by atoms with E-state index in [1.165, 1.54) is 17.3 Å². The number of rotatable bonds is 5. The summed E-state index contributed by atoms with van der Waals surface area (Å²) in [6.45, 7) is 0. The normalized spacial score (nSPS) is 11.2. The van der Waals surface area contributed by atoms with E-state index in [0.717, 1.165) is 16.2 Å². The molecule has 6 nitrogen and oxygen atoms in total. The molecule has 2 rings (SSSR count). The third-order valence-corrected chi connectivity index (χ3v) is 5.86. The van der Waals surface area contributed by atoms with Crippen molar-refractivity contribution in [2.75, 3.05) is 11.0 Å². The second kappa shape index (κ2) is 5.81. The number of carboxylic acid groups (broad SMARTS) is 1. The lowest BCUT2D eigenvalue weighted by molar-refractivity contribution is 0.0687. The summed E-state index contributed by atoms with van der Waals surface area (Å²) < 4.78 is 26.6. The molecule has 0 aliphatic carbocycles. The van der Waals surface area contributed by atoms with Crippen LogP contribution in [0.2, 0.25) is 0 Å². The Balaban J connectivity index is 2.41. The lowest BCUT2D eigenvalue weighted by Gasteiger charge is -2.10. The number of nitrogens with one attached hydrogen (secondary N) is 1. The van der Waals surface area contributed by atoms with Crippen molar-refractivity contribution in [1.82, 2.24) is 4.98 Å². The van der Waals surface area contributed by atoms with Gasteiger partial charge in [0, 0.05) is 4.90 Å². The van der Waals surface area contributed by atoms with Gasteiger partial charge in [-0.05, 0) is 18.4 Å². The van der Waals surface area contributed by atoms with E-state index in [1.807, 2.05) is 6.26 Å². The van der Waals surface area contributed by atoms with Crippen molar-refractivity contribution in [3.63, 3.8) is 0 Å². The molecule has 20 heavy (non-hydrogen) atoms. The summed E-state index contributed by atoms with van der Waals surface area (Å²) >= 11 is 2.16. The van der Waals surface area contributed by atoms with Gasteiger partial charge in [0.1, 0.15) is 0 Å². The highest BCUT2D eigenvalue weighted by atomic mass is 32.2. The monoisotopic (exact) mass is 330 g/mol. The van der Waals surface area contributed by atoms with Gasteiger partial charge in [-0.1, -0.05) is 12.1 Å². The van der Waals surface area contributed by atoms with Crippen molar-refractivity contribution >= 4 is 44.8 Å². The topological polar surface area (TPSA) is 96.4 Å². The molecule has 0 bridgehead atoms. The number of aromatic carboxylic acids is 1. The van der Waals surface area contributed by atoms with Crippen LogP contribution in [0.25, 0.3) is 0 Å². The number of carboxylic acids is 1. The van der Waals surface area contributed by atoms with Gasteiger partial charge in [-0.15, -0.1) is 23.1 Å². The Bertz CT molecular complexity index is 740. The van der Waals surface area contributed by atoms with Crippen LogP contribution in [0.3, 0.4) is 0 Å². The third kappa shape index (κ3) is 2.94. The number of thioether (sulfide) groups is 1. The Labute approximate surface area is 123 Å². The van der Waals surface area contributed by atoms with Crippen LogP contribution in [-0.4, -0.2) is 30.7 Å². The summed E-state index contributed by atoms with van der Waals surface area (Å²) in [7, 11) is -3.97. The van der Waals surface area contributed by atoms with Crippen LogP contribution in [0, 0.1) is 0 Å². The first-order valence-corrected chi connectivity index (χ1v) is 8.87. The zero-order valence-electron chi connectivity index (χ0n) is 10.2. The molecule has 0 spiro atoms. The quantitative estimate of drug-likeness (QED) is 0.817. The average Bonchev–Trinajstić information content (AvgIpc) is 2.89. The fourth-order valence-corrected chi connectivity index (χ4v) is 4.33. The highest BCUT2D eigenvalue weighted by Gasteiger charge is 2.26. The number of thiazole rings is 1. The largest absolute Gasteiger partial charge is 0.476 e. The maximum atomic E-state index is 12.2. The Morgan fingerprint density at radius 1 is 1.40 bits per heavy atom. The Morgan fingerprint density at radius 2 is 2.10 bits per heavy atom. The molecule has 2 N–H and O–H groups in total. The fraction of sp³-hybridized carbons (Fsp3) is 0.0909. The van der Waals surface area contributed by atoms with Gasteiger partial charge >= 0.3 is 5.97 Å². The van der Waals surface area contributed by atoms with Crippen LogP contribution < -0.4 is 4.72 Å². The number of anilines is 1. The van der Waals surface area contributed by atoms with E-state index < -0.39 is 21.7 Å². The number of aromatic nitrogens is 1. The van der Waals surface area contributed by atoms with Gasteiger partial charge in [-0.2, -0.15) is 0 Å². The van der Waals surface area contributed by atoms with Gasteiger partial charge in [0.15, 0.2) is 9.90 Å². The fourth-order valence-electron chi connectivity index (χ4n) is 1.49. The number of hydrogen-bond acceptors (Lipinski definition) is 6. The van der Waals surface area contributed by atoms with Crippen molar-refractivity contribution in [2.45, 2.75) is 9.10 Å². The summed E-state index contributed by atoms with van der Waals surface area (Å²) in [6, 6.07) is 6.87. The molecule has 1 aromatic heterocycles. The number of hydrogen-bond donors (Lipinski definition) is 2. The zero-order valence-corrected chi connectivity index (χ0v) is 12.7. The molecule has 0 unspecified atom stereocenters. The molecule has 1 aromatic carbocycles. The molecule has 0 saturated heterocycles. The van der Waals surface area contributed by atoms with E-state index in [2.05, 4.69) is 9.71 Å². The lowest BCUT2D eigenvalue weighted by Crippen LogP contribution is -2.15. The molecule has 1 heterocycles. The van der Waals surface area contributed by atoms with Gasteiger partial charge < -0.3 is 5.11 Å². The van der Waals surface area contributed by atoms with E-state index in [4.69, 9.17) is 5.11 Å². The van der Waals surface area contributed by atoms with Gasteiger partial charge in [0.2, 0.25) is 0 Å². The second-order valence-corrected chi connectivity index (χ2v) is 7.18. The van der Waals surface area contributed by atoms with Crippen molar-refractivity contribution in [3.8, 4) is 0 Å². The number of para-hydroxylation sites is 1. The van der Waals surface area contributed by atoms with E-state index in [-0.39, 0.29) is 4.21 Å². The standard InChI is InChI=1S/C11H10N2O4S3/c1-18-8-5-3-2-4-7(8)13-20(16,17)11-9(10(14)15)12-6-19-11/h2-6,13H,1H3,(H,14,15). The minimum atomic E-state index is -3.97. The van der Waals surface area contributed by atoms with E-state index in [1.54, 1.807) is 24.3 Å². The predicted molar refractivity (Wildman–Crippen MR) is 78.1 cm³/mol. The smallest absolute Gasteiger partial charge is 0.356 e. The maximum Gasteiger partial charge on any atom is 0.356 e. The zero-order chi connectivity index (χ0) is 14.8. The molecular formula is C11H10N2O4S3. The van der Waals surface area contributed by atoms with Gasteiger partial charge in [-0.25, -0.2) is 18.2 Å². The minimum Gasteiger partial charge on any atom is -0.476 e.